The van der Waals surface area contributed by atoms with E-state index in [4.69, 9.17) is 0 Å². The lowest BCUT2D eigenvalue weighted by molar-refractivity contribution is -0.142. The first-order chi connectivity index (χ1) is 3.80. The summed E-state index contributed by atoms with van der Waals surface area (Å²) in [7, 11) is 0. The van der Waals surface area contributed by atoms with Crippen LogP contribution < -0.4 is 0 Å². The summed E-state index contributed by atoms with van der Waals surface area (Å²) in [6.07, 6.45) is 0. The molecule has 2 N–H and O–H groups in total. The number of ketones is 1. The zero-order valence-electron chi connectivity index (χ0n) is 4.33. The van der Waals surface area contributed by atoms with Gasteiger partial charge in [-0.2, -0.15) is 0 Å². The molecule has 0 aromatic heterocycles. The Hall–Kier alpha value is -1.30. The molecular weight excluding hydrogens is 128 g/mol. The van der Waals surface area contributed by atoms with E-state index >= 15 is 0 Å². The number of Topliss-reactive ketones (excluding diaryl/α,β-unsaturated/α-hetero) is 1. The van der Waals surface area contributed by atoms with Gasteiger partial charge in [0.05, 0.1) is 0 Å². The standard InChI is InChI=1S/C3H2N2O3.H2O/c6-2-1-8-5-4-3(2)7;/h1H2;1H2. The van der Waals surface area contributed by atoms with Crippen LogP contribution in [-0.2, 0) is 14.4 Å². The second-order valence-corrected chi connectivity index (χ2v) is 1.18. The lowest BCUT2D eigenvalue weighted by Crippen LogP contribution is -2.19. The fourth-order valence-electron chi connectivity index (χ4n) is 0.271. The van der Waals surface area contributed by atoms with E-state index in [0.29, 0.717) is 0 Å². The van der Waals surface area contributed by atoms with Gasteiger partial charge in [-0.25, -0.2) is 0 Å². The van der Waals surface area contributed by atoms with Gasteiger partial charge in [0.25, 0.3) is 5.78 Å². The molecule has 6 heteroatoms. The topological polar surface area (TPSA) is 99.6 Å². The van der Waals surface area contributed by atoms with E-state index in [9.17, 15) is 9.59 Å². The normalized spacial score (nSPS) is 16.4. The zero-order chi connectivity index (χ0) is 5.98. The van der Waals surface area contributed by atoms with Gasteiger partial charge in [0, 0.05) is 5.28 Å². The third kappa shape index (κ3) is 1.57. The molecule has 1 aliphatic heterocycles. The van der Waals surface area contributed by atoms with Gasteiger partial charge in [0.1, 0.15) is 0 Å². The molecule has 0 aromatic rings. The molecule has 0 atom stereocenters. The van der Waals surface area contributed by atoms with Crippen molar-refractivity contribution in [3.8, 4) is 0 Å². The predicted octanol–water partition coefficient (Wildman–Crippen LogP) is -1.35. The quantitative estimate of drug-likeness (QED) is 0.381. The van der Waals surface area contributed by atoms with Crippen LogP contribution in [0.4, 0.5) is 0 Å². The minimum atomic E-state index is -0.837. The SMILES string of the molecule is O.O=C1CON=NC1=O. The Labute approximate surface area is 49.8 Å². The Balaban J connectivity index is 0.000000640. The van der Waals surface area contributed by atoms with E-state index in [0.717, 1.165) is 0 Å². The Morgan fingerprint density at radius 3 is 2.44 bits per heavy atom. The molecule has 1 aliphatic rings. The lowest BCUT2D eigenvalue weighted by Gasteiger charge is -1.96. The molecule has 0 radical (unpaired) electrons. The number of hydrogen-bond acceptors (Lipinski definition) is 4. The van der Waals surface area contributed by atoms with Gasteiger partial charge in [-0.1, -0.05) is 5.11 Å². The van der Waals surface area contributed by atoms with Gasteiger partial charge in [-0.15, -0.1) is 0 Å². The van der Waals surface area contributed by atoms with Crippen molar-refractivity contribution < 1.29 is 19.9 Å². The van der Waals surface area contributed by atoms with Crippen LogP contribution in [0.2, 0.25) is 0 Å². The third-order valence-corrected chi connectivity index (χ3v) is 0.624. The Morgan fingerprint density at radius 2 is 2.11 bits per heavy atom. The summed E-state index contributed by atoms with van der Waals surface area (Å²) < 4.78 is 0. The highest BCUT2D eigenvalue weighted by molar-refractivity contribution is 6.37. The van der Waals surface area contributed by atoms with Crippen molar-refractivity contribution in [3.05, 3.63) is 0 Å². The van der Waals surface area contributed by atoms with Gasteiger partial charge in [0.15, 0.2) is 6.61 Å². The first-order valence-corrected chi connectivity index (χ1v) is 1.91. The molecule has 0 aromatic carbocycles. The van der Waals surface area contributed by atoms with Crippen LogP contribution >= 0.6 is 0 Å². The van der Waals surface area contributed by atoms with E-state index in [1.807, 2.05) is 0 Å². The number of nitrogens with zero attached hydrogens (tertiary/aromatic N) is 2. The Kier molecular flexibility index (Phi) is 2.46. The fourth-order valence-corrected chi connectivity index (χ4v) is 0.271. The van der Waals surface area contributed by atoms with Crippen molar-refractivity contribution in [1.29, 1.82) is 0 Å². The van der Waals surface area contributed by atoms with Crippen LogP contribution in [-0.4, -0.2) is 23.8 Å². The largest absolute Gasteiger partial charge is 0.412 e. The van der Waals surface area contributed by atoms with Gasteiger partial charge in [0.2, 0.25) is 0 Å². The molecule has 9 heavy (non-hydrogen) atoms. The number of hydrogen-bond donors (Lipinski definition) is 0. The highest BCUT2D eigenvalue weighted by Gasteiger charge is 2.16. The monoisotopic (exact) mass is 132 g/mol. The smallest absolute Gasteiger partial charge is 0.337 e. The molecule has 6 nitrogen and oxygen atoms in total. The van der Waals surface area contributed by atoms with E-state index in [2.05, 4.69) is 15.2 Å². The molecular formula is C3H4N2O4. The van der Waals surface area contributed by atoms with Crippen LogP contribution in [0, 0.1) is 0 Å². The molecule has 50 valence electrons. The van der Waals surface area contributed by atoms with E-state index < -0.39 is 11.7 Å². The van der Waals surface area contributed by atoms with Crippen molar-refractivity contribution in [1.82, 2.24) is 0 Å². The van der Waals surface area contributed by atoms with Crippen molar-refractivity contribution in [3.63, 3.8) is 0 Å². The number of amides is 1. The summed E-state index contributed by atoms with van der Waals surface area (Å²) >= 11 is 0. The molecule has 0 aliphatic carbocycles. The maximum absolute atomic E-state index is 10.2. The summed E-state index contributed by atoms with van der Waals surface area (Å²) in [4.78, 5) is 24.4. The first kappa shape index (κ1) is 7.70. The van der Waals surface area contributed by atoms with Gasteiger partial charge < -0.3 is 10.3 Å². The van der Waals surface area contributed by atoms with Gasteiger partial charge in [-0.3, -0.25) is 9.59 Å². The summed E-state index contributed by atoms with van der Waals surface area (Å²) in [6.45, 7) is -0.275. The second kappa shape index (κ2) is 2.88. The molecule has 1 rings (SSSR count). The molecule has 1 heterocycles. The van der Waals surface area contributed by atoms with Crippen molar-refractivity contribution in [2.45, 2.75) is 0 Å². The number of carbonyl (C=O) groups is 2. The lowest BCUT2D eigenvalue weighted by atomic mass is 10.4. The van der Waals surface area contributed by atoms with E-state index in [1.165, 1.54) is 0 Å². The summed E-state index contributed by atoms with van der Waals surface area (Å²) in [6, 6.07) is 0. The van der Waals surface area contributed by atoms with Crippen molar-refractivity contribution in [2.75, 3.05) is 6.61 Å². The maximum atomic E-state index is 10.2. The van der Waals surface area contributed by atoms with Crippen molar-refractivity contribution in [2.24, 2.45) is 10.4 Å². The first-order valence-electron chi connectivity index (χ1n) is 1.91. The average molecular weight is 132 g/mol. The molecule has 1 amide bonds. The molecule has 0 fully saturated rings. The number of rotatable bonds is 0. The maximum Gasteiger partial charge on any atom is 0.337 e. The minimum absolute atomic E-state index is 0. The highest BCUT2D eigenvalue weighted by Crippen LogP contribution is 1.91. The predicted molar refractivity (Wildman–Crippen MR) is 24.4 cm³/mol. The molecule has 0 unspecified atom stereocenters. The van der Waals surface area contributed by atoms with Crippen LogP contribution in [0.3, 0.4) is 0 Å². The second-order valence-electron chi connectivity index (χ2n) is 1.18. The van der Waals surface area contributed by atoms with Gasteiger partial charge >= 0.3 is 5.91 Å². The molecule has 0 spiro atoms. The Morgan fingerprint density at radius 1 is 1.44 bits per heavy atom. The fraction of sp³-hybridized carbons (Fsp3) is 0.333. The third-order valence-electron chi connectivity index (χ3n) is 0.624. The average Bonchev–Trinajstić information content (AvgIpc) is 1.77. The minimum Gasteiger partial charge on any atom is -0.412 e. The van der Waals surface area contributed by atoms with Crippen LogP contribution in [0.5, 0.6) is 0 Å². The van der Waals surface area contributed by atoms with E-state index in [1.54, 1.807) is 0 Å². The highest BCUT2D eigenvalue weighted by atomic mass is 16.6. The zero-order valence-corrected chi connectivity index (χ0v) is 4.33. The van der Waals surface area contributed by atoms with Crippen LogP contribution in [0.1, 0.15) is 0 Å². The number of carbonyl (C=O) groups excluding carboxylic acids is 2. The molecule has 0 saturated heterocycles. The molecule has 0 bridgehead atoms. The summed E-state index contributed by atoms with van der Waals surface area (Å²) in [5, 5.41) is 5.69. The van der Waals surface area contributed by atoms with Crippen molar-refractivity contribution >= 4 is 11.7 Å². The Bertz CT molecular complexity index is 163. The summed E-state index contributed by atoms with van der Waals surface area (Å²) in [5.41, 5.74) is 0. The molecule has 0 saturated carbocycles. The van der Waals surface area contributed by atoms with Crippen LogP contribution in [0.15, 0.2) is 10.4 Å². The van der Waals surface area contributed by atoms with Gasteiger partial charge in [-0.05, 0) is 0 Å². The van der Waals surface area contributed by atoms with Crippen LogP contribution in [0.25, 0.3) is 0 Å². The van der Waals surface area contributed by atoms with E-state index in [-0.39, 0.29) is 12.1 Å². The summed E-state index contributed by atoms with van der Waals surface area (Å²) in [5.74, 6) is -1.49.